The molecule has 4 nitrogen and oxygen atoms in total. The number of anilines is 2. The number of carbonyl (C=O) groups excluding carboxylic acids is 1. The first-order valence-electron chi connectivity index (χ1n) is 9.23. The van der Waals surface area contributed by atoms with Crippen molar-refractivity contribution in [2.75, 3.05) is 23.3 Å². The molecule has 1 aliphatic rings. The second-order valence-corrected chi connectivity index (χ2v) is 7.31. The summed E-state index contributed by atoms with van der Waals surface area (Å²) in [6, 6.07) is 14.0. The smallest absolute Gasteiger partial charge is 0.256 e. The van der Waals surface area contributed by atoms with E-state index in [-0.39, 0.29) is 11.7 Å². The molecule has 1 N–H and O–H groups in total. The molecule has 5 heteroatoms. The molecular formula is C22H22FN3O. The van der Waals surface area contributed by atoms with E-state index in [0.29, 0.717) is 22.2 Å². The van der Waals surface area contributed by atoms with Gasteiger partial charge in [-0.05, 0) is 61.7 Å². The third-order valence-corrected chi connectivity index (χ3v) is 5.06. The van der Waals surface area contributed by atoms with E-state index in [1.165, 1.54) is 24.2 Å². The molecule has 27 heavy (non-hydrogen) atoms. The molecule has 0 radical (unpaired) electrons. The van der Waals surface area contributed by atoms with E-state index in [4.69, 9.17) is 0 Å². The molecule has 0 aliphatic carbocycles. The standard InChI is InChI=1S/C22H22FN3O/c1-14-9-10-26(13-14)18-6-4-17(5-7-18)25-22(27)20-11-15(2)24-21-12-16(23)3-8-19(20)21/h3-8,11-12,14H,9-10,13H2,1-2H3,(H,25,27). The second kappa shape index (κ2) is 6.99. The summed E-state index contributed by atoms with van der Waals surface area (Å²) in [5, 5.41) is 3.58. The van der Waals surface area contributed by atoms with Gasteiger partial charge in [0.25, 0.3) is 5.91 Å². The summed E-state index contributed by atoms with van der Waals surface area (Å²) < 4.78 is 13.5. The molecule has 0 bridgehead atoms. The summed E-state index contributed by atoms with van der Waals surface area (Å²) in [5.41, 5.74) is 3.57. The van der Waals surface area contributed by atoms with Gasteiger partial charge in [-0.15, -0.1) is 0 Å². The van der Waals surface area contributed by atoms with Crippen LogP contribution in [0, 0.1) is 18.7 Å². The van der Waals surface area contributed by atoms with Crippen molar-refractivity contribution in [1.29, 1.82) is 0 Å². The minimum absolute atomic E-state index is 0.223. The van der Waals surface area contributed by atoms with Gasteiger partial charge in [0.1, 0.15) is 5.82 Å². The lowest BCUT2D eigenvalue weighted by atomic mass is 10.1. The first kappa shape index (κ1) is 17.5. The first-order chi connectivity index (χ1) is 13.0. The van der Waals surface area contributed by atoms with E-state index >= 15 is 0 Å². The molecule has 0 saturated carbocycles. The van der Waals surface area contributed by atoms with Crippen LogP contribution in [0.25, 0.3) is 10.9 Å². The fourth-order valence-electron chi connectivity index (χ4n) is 3.65. The predicted molar refractivity (Wildman–Crippen MR) is 107 cm³/mol. The molecule has 0 spiro atoms. The van der Waals surface area contributed by atoms with Crippen molar-refractivity contribution in [2.24, 2.45) is 5.92 Å². The van der Waals surface area contributed by atoms with Gasteiger partial charge in [-0.1, -0.05) is 6.92 Å². The van der Waals surface area contributed by atoms with Crippen LogP contribution < -0.4 is 10.2 Å². The van der Waals surface area contributed by atoms with Gasteiger partial charge < -0.3 is 10.2 Å². The maximum atomic E-state index is 13.5. The van der Waals surface area contributed by atoms with Gasteiger partial charge in [-0.3, -0.25) is 9.78 Å². The molecule has 1 aliphatic heterocycles. The van der Waals surface area contributed by atoms with Crippen LogP contribution in [-0.4, -0.2) is 24.0 Å². The Bertz CT molecular complexity index is 995. The molecule has 2 heterocycles. The highest BCUT2D eigenvalue weighted by atomic mass is 19.1. The van der Waals surface area contributed by atoms with Crippen LogP contribution >= 0.6 is 0 Å². The Labute approximate surface area is 158 Å². The van der Waals surface area contributed by atoms with Gasteiger partial charge in [-0.25, -0.2) is 4.39 Å². The number of aryl methyl sites for hydroxylation is 1. The Morgan fingerprint density at radius 2 is 1.96 bits per heavy atom. The quantitative estimate of drug-likeness (QED) is 0.728. The number of nitrogens with zero attached hydrogens (tertiary/aromatic N) is 2. The molecule has 1 aromatic heterocycles. The summed E-state index contributed by atoms with van der Waals surface area (Å²) in [6.07, 6.45) is 1.22. The lowest BCUT2D eigenvalue weighted by Crippen LogP contribution is -2.19. The number of carbonyl (C=O) groups is 1. The normalized spacial score (nSPS) is 16.7. The van der Waals surface area contributed by atoms with Crippen molar-refractivity contribution in [3.05, 3.63) is 65.6 Å². The third kappa shape index (κ3) is 3.63. The fourth-order valence-corrected chi connectivity index (χ4v) is 3.65. The van der Waals surface area contributed by atoms with Gasteiger partial charge in [-0.2, -0.15) is 0 Å². The van der Waals surface area contributed by atoms with E-state index < -0.39 is 0 Å². The van der Waals surface area contributed by atoms with E-state index in [9.17, 15) is 9.18 Å². The summed E-state index contributed by atoms with van der Waals surface area (Å²) in [7, 11) is 0. The van der Waals surface area contributed by atoms with E-state index in [1.807, 2.05) is 24.3 Å². The second-order valence-electron chi connectivity index (χ2n) is 7.31. The molecule has 1 unspecified atom stereocenters. The first-order valence-corrected chi connectivity index (χ1v) is 9.23. The average Bonchev–Trinajstić information content (AvgIpc) is 3.07. The van der Waals surface area contributed by atoms with Gasteiger partial charge in [0.15, 0.2) is 0 Å². The molecule has 1 amide bonds. The zero-order chi connectivity index (χ0) is 19.0. The molecule has 1 fully saturated rings. The Morgan fingerprint density at radius 1 is 1.19 bits per heavy atom. The number of amides is 1. The van der Waals surface area contributed by atoms with Crippen molar-refractivity contribution < 1.29 is 9.18 Å². The summed E-state index contributed by atoms with van der Waals surface area (Å²) in [4.78, 5) is 19.5. The van der Waals surface area contributed by atoms with Gasteiger partial charge in [0, 0.05) is 41.6 Å². The number of hydrogen-bond donors (Lipinski definition) is 1. The van der Waals surface area contributed by atoms with Crippen LogP contribution in [0.2, 0.25) is 0 Å². The topological polar surface area (TPSA) is 45.2 Å². The van der Waals surface area contributed by atoms with Gasteiger partial charge in [0.05, 0.1) is 11.1 Å². The number of aromatic nitrogens is 1. The van der Waals surface area contributed by atoms with Crippen molar-refractivity contribution in [3.8, 4) is 0 Å². The minimum Gasteiger partial charge on any atom is -0.371 e. The summed E-state index contributed by atoms with van der Waals surface area (Å²) in [6.45, 7) is 6.21. The number of benzene rings is 2. The number of pyridine rings is 1. The number of hydrogen-bond acceptors (Lipinski definition) is 3. The predicted octanol–water partition coefficient (Wildman–Crippen LogP) is 4.78. The monoisotopic (exact) mass is 363 g/mol. The highest BCUT2D eigenvalue weighted by molar-refractivity contribution is 6.12. The zero-order valence-electron chi connectivity index (χ0n) is 15.5. The summed E-state index contributed by atoms with van der Waals surface area (Å²) in [5.74, 6) is 0.135. The number of rotatable bonds is 3. The fraction of sp³-hybridized carbons (Fsp3) is 0.273. The van der Waals surface area contributed by atoms with Crippen molar-refractivity contribution in [2.45, 2.75) is 20.3 Å². The zero-order valence-corrected chi connectivity index (χ0v) is 15.5. The molecule has 4 rings (SSSR count). The van der Waals surface area contributed by atoms with Crippen LogP contribution in [0.5, 0.6) is 0 Å². The maximum Gasteiger partial charge on any atom is 0.256 e. The summed E-state index contributed by atoms with van der Waals surface area (Å²) >= 11 is 0. The van der Waals surface area contributed by atoms with Crippen LogP contribution in [0.15, 0.2) is 48.5 Å². The number of nitrogens with one attached hydrogen (secondary N) is 1. The van der Waals surface area contributed by atoms with Crippen molar-refractivity contribution in [1.82, 2.24) is 4.98 Å². The number of halogens is 1. The Morgan fingerprint density at radius 3 is 2.67 bits per heavy atom. The molecule has 138 valence electrons. The lowest BCUT2D eigenvalue weighted by Gasteiger charge is -2.18. The highest BCUT2D eigenvalue weighted by Gasteiger charge is 2.19. The average molecular weight is 363 g/mol. The lowest BCUT2D eigenvalue weighted by molar-refractivity contribution is 0.102. The molecule has 1 saturated heterocycles. The molecule has 1 atom stereocenters. The SMILES string of the molecule is Cc1cc(C(=O)Nc2ccc(N3CCC(C)C3)cc2)c2ccc(F)cc2n1. The maximum absolute atomic E-state index is 13.5. The van der Waals surface area contributed by atoms with Crippen molar-refractivity contribution in [3.63, 3.8) is 0 Å². The highest BCUT2D eigenvalue weighted by Crippen LogP contribution is 2.26. The largest absolute Gasteiger partial charge is 0.371 e. The van der Waals surface area contributed by atoms with E-state index in [1.54, 1.807) is 19.1 Å². The van der Waals surface area contributed by atoms with Crippen LogP contribution in [0.3, 0.4) is 0 Å². The Kier molecular flexibility index (Phi) is 4.52. The molecule has 2 aromatic carbocycles. The van der Waals surface area contributed by atoms with E-state index in [0.717, 1.165) is 24.7 Å². The molecular weight excluding hydrogens is 341 g/mol. The van der Waals surface area contributed by atoms with Crippen LogP contribution in [-0.2, 0) is 0 Å². The van der Waals surface area contributed by atoms with Gasteiger partial charge in [0.2, 0.25) is 0 Å². The van der Waals surface area contributed by atoms with Crippen LogP contribution in [0.4, 0.5) is 15.8 Å². The van der Waals surface area contributed by atoms with E-state index in [2.05, 4.69) is 22.1 Å². The Hall–Kier alpha value is -2.95. The minimum atomic E-state index is -0.362. The Balaban J connectivity index is 1.56. The van der Waals surface area contributed by atoms with Gasteiger partial charge >= 0.3 is 0 Å². The molecule has 3 aromatic rings. The third-order valence-electron chi connectivity index (χ3n) is 5.06. The van der Waals surface area contributed by atoms with Crippen molar-refractivity contribution >= 4 is 28.2 Å². The number of fused-ring (bicyclic) bond motifs is 1. The van der Waals surface area contributed by atoms with Crippen LogP contribution in [0.1, 0.15) is 29.4 Å².